The Hall–Kier alpha value is -7.28. The Morgan fingerprint density at radius 2 is 1.15 bits per heavy atom. The molecule has 3 aromatic rings. The van der Waals surface area contributed by atoms with E-state index in [2.05, 4.69) is 0 Å². The first-order valence-corrected chi connectivity index (χ1v) is 23.9. The predicted octanol–water partition coefficient (Wildman–Crippen LogP) is -1.16. The van der Waals surface area contributed by atoms with Gasteiger partial charge >= 0.3 is 11.9 Å². The van der Waals surface area contributed by atoms with Crippen molar-refractivity contribution in [3.8, 4) is 28.7 Å². The van der Waals surface area contributed by atoms with Crippen molar-refractivity contribution >= 4 is 29.8 Å². The number of ether oxygens (including phenoxy) is 10. The van der Waals surface area contributed by atoms with Crippen molar-refractivity contribution in [3.63, 3.8) is 0 Å². The summed E-state index contributed by atoms with van der Waals surface area (Å²) in [5, 5.41) is 149. The fraction of sp³-hybridized carbons (Fsp3) is 0.385. The van der Waals surface area contributed by atoms with Gasteiger partial charge in [-0.3, -0.25) is 0 Å². The molecule has 420 valence electrons. The van der Waals surface area contributed by atoms with Crippen molar-refractivity contribution in [1.29, 1.82) is 0 Å². The zero-order valence-corrected chi connectivity index (χ0v) is 40.8. The van der Waals surface area contributed by atoms with Gasteiger partial charge in [-0.05, 0) is 77.9 Å². The third-order valence-electron chi connectivity index (χ3n) is 12.8. The molecule has 0 bridgehead atoms. The number of carbonyl (C=O) groups is 2. The molecular weight excluding hydrogens is 1040 g/mol. The van der Waals surface area contributed by atoms with Gasteiger partial charge in [-0.1, -0.05) is 12.1 Å². The van der Waals surface area contributed by atoms with E-state index in [1.165, 1.54) is 86.0 Å². The molecule has 0 saturated carbocycles. The molecule has 78 heavy (non-hydrogen) atoms. The number of aliphatic hydroxyl groups excluding tert-OH is 10. The van der Waals surface area contributed by atoms with E-state index in [-0.39, 0.29) is 51.2 Å². The lowest BCUT2D eigenvalue weighted by molar-refractivity contribution is -0.363. The van der Waals surface area contributed by atoms with Crippen molar-refractivity contribution in [2.24, 2.45) is 0 Å². The molecule has 0 amide bonds. The van der Waals surface area contributed by atoms with Crippen LogP contribution in [-0.2, 0) is 52.2 Å². The zero-order valence-electron chi connectivity index (χ0n) is 40.8. The molecule has 3 fully saturated rings. The van der Waals surface area contributed by atoms with E-state index in [0.29, 0.717) is 5.56 Å². The molecule has 3 aromatic carbocycles. The Morgan fingerprint density at radius 1 is 0.590 bits per heavy atom. The molecule has 1 aliphatic carbocycles. The van der Waals surface area contributed by atoms with Crippen LogP contribution >= 0.6 is 0 Å². The lowest BCUT2D eigenvalue weighted by Gasteiger charge is -2.46. The van der Waals surface area contributed by atoms with Gasteiger partial charge in [0, 0.05) is 35.4 Å². The summed E-state index contributed by atoms with van der Waals surface area (Å²) in [7, 11) is 1.33. The number of methoxy groups -OCH3 is 1. The largest absolute Gasteiger partial charge is 0.508 e. The lowest BCUT2D eigenvalue weighted by Crippen LogP contribution is -2.64. The number of hydrogen-bond acceptors (Lipinski definition) is 26. The number of esters is 2. The van der Waals surface area contributed by atoms with Gasteiger partial charge < -0.3 is 119 Å². The third kappa shape index (κ3) is 12.8. The number of phenols is 4. The zero-order chi connectivity index (χ0) is 56.1. The van der Waals surface area contributed by atoms with E-state index in [1.807, 2.05) is 0 Å². The fourth-order valence-electron chi connectivity index (χ4n) is 8.52. The van der Waals surface area contributed by atoms with Crippen LogP contribution in [0, 0.1) is 0 Å². The van der Waals surface area contributed by atoms with E-state index < -0.39 is 147 Å². The summed E-state index contributed by atoms with van der Waals surface area (Å²) in [6, 6.07) is 13.3. The van der Waals surface area contributed by atoms with Crippen LogP contribution in [0.15, 0.2) is 114 Å². The Morgan fingerprint density at radius 3 is 1.77 bits per heavy atom. The smallest absolute Gasteiger partial charge is 0.330 e. The van der Waals surface area contributed by atoms with Crippen molar-refractivity contribution in [2.75, 3.05) is 26.9 Å². The van der Waals surface area contributed by atoms with Crippen LogP contribution in [0.4, 0.5) is 0 Å². The molecule has 26 heteroatoms. The number of allylic oxidation sites excluding steroid dienone is 2. The fourth-order valence-corrected chi connectivity index (χ4v) is 8.52. The summed E-state index contributed by atoms with van der Waals surface area (Å²) in [6.07, 6.45) is -21.5. The number of aromatic hydroxyl groups is 4. The standard InChI is InChI=1S/C52H56O26/c1-69-33-15-23(3-11-29(33)57)5-13-39(60)71-21-37-42(63)45(66)49(78-51-47(68)44(65)41(62)36(76-51)20-70-38(59)12-4-22-2-10-28(56)30(58)14-22)52(77-37)74-34-18-27-31(72-48(34)24-6-8-25(54)9-7-24)16-26(55)17-32(27)73-50-46(67)43(64)40(61)35(19-53)75-50/h2-18,31,35-37,40-47,49-58,61-68H,19-21H2,1H3. The highest BCUT2D eigenvalue weighted by molar-refractivity contribution is 5.87. The van der Waals surface area contributed by atoms with Gasteiger partial charge in [0.15, 0.2) is 46.9 Å². The Bertz CT molecular complexity index is 2820. The van der Waals surface area contributed by atoms with E-state index in [4.69, 9.17) is 47.4 Å². The minimum atomic E-state index is -2.13. The molecule has 8 rings (SSSR count). The number of benzene rings is 3. The van der Waals surface area contributed by atoms with Crippen LogP contribution in [0.3, 0.4) is 0 Å². The first-order valence-electron chi connectivity index (χ1n) is 23.9. The SMILES string of the molecule is COc1cc(C=CC(=O)OCC2OC(OC3=C(c4ccc(O)cc4)OC4C=C(O)C=C(OC5OC(CO)C(O)C(O)C5O)C4=C3)C(OC3OC(COC(=O)C=Cc4ccc(O)c(O)c4)C(O)C(O)C3O)C(O)C2O)ccc1O. The van der Waals surface area contributed by atoms with Gasteiger partial charge in [-0.25, -0.2) is 9.59 Å². The van der Waals surface area contributed by atoms with Crippen LogP contribution < -0.4 is 4.74 Å². The number of hydrogen-bond donors (Lipinski definition) is 14. The molecule has 14 N–H and O–H groups in total. The number of carbonyl (C=O) groups excluding carboxylic acids is 2. The van der Waals surface area contributed by atoms with Crippen molar-refractivity contribution in [2.45, 2.75) is 98.2 Å². The van der Waals surface area contributed by atoms with E-state index in [1.54, 1.807) is 0 Å². The highest BCUT2D eigenvalue weighted by Crippen LogP contribution is 2.41. The summed E-state index contributed by atoms with van der Waals surface area (Å²) >= 11 is 0. The molecule has 16 atom stereocenters. The molecule has 16 unspecified atom stereocenters. The maximum atomic E-state index is 13.0. The Balaban J connectivity index is 1.10. The highest BCUT2D eigenvalue weighted by atomic mass is 16.8. The molecule has 26 nitrogen and oxygen atoms in total. The molecule has 4 aliphatic heterocycles. The van der Waals surface area contributed by atoms with Gasteiger partial charge in [-0.15, -0.1) is 0 Å². The topological polar surface area (TPSA) is 410 Å². The average molecular weight is 1100 g/mol. The summed E-state index contributed by atoms with van der Waals surface area (Å²) in [4.78, 5) is 25.8. The Kier molecular flexibility index (Phi) is 17.9. The van der Waals surface area contributed by atoms with Crippen LogP contribution in [0.5, 0.6) is 28.7 Å². The normalized spacial score (nSPS) is 32.1. The Labute approximate surface area is 441 Å². The first-order chi connectivity index (χ1) is 37.2. The number of fused-ring (bicyclic) bond motifs is 1. The minimum Gasteiger partial charge on any atom is -0.508 e. The second-order valence-electron chi connectivity index (χ2n) is 18.2. The number of phenolic OH excluding ortho intramolecular Hbond substituents is 4. The molecule has 5 aliphatic rings. The summed E-state index contributed by atoms with van der Waals surface area (Å²) < 4.78 is 58.0. The predicted molar refractivity (Wildman–Crippen MR) is 259 cm³/mol. The van der Waals surface area contributed by atoms with Crippen molar-refractivity contribution < 1.29 is 128 Å². The summed E-state index contributed by atoms with van der Waals surface area (Å²) in [5.74, 6) is -4.25. The maximum absolute atomic E-state index is 13.0. The second kappa shape index (κ2) is 24.6. The van der Waals surface area contributed by atoms with Crippen LogP contribution in [0.1, 0.15) is 16.7 Å². The molecule has 4 heterocycles. The molecule has 0 spiro atoms. The maximum Gasteiger partial charge on any atom is 0.330 e. The first kappa shape index (κ1) is 56.9. The molecular formula is C52H56O26. The number of aliphatic hydroxyl groups is 10. The van der Waals surface area contributed by atoms with E-state index in [0.717, 1.165) is 24.3 Å². The van der Waals surface area contributed by atoms with Gasteiger partial charge in [0.2, 0.25) is 12.6 Å². The quantitative estimate of drug-likeness (QED) is 0.0430. The third-order valence-corrected chi connectivity index (χ3v) is 12.8. The van der Waals surface area contributed by atoms with Crippen LogP contribution in [0.2, 0.25) is 0 Å². The minimum absolute atomic E-state index is 0.0104. The van der Waals surface area contributed by atoms with Gasteiger partial charge in [0.05, 0.1) is 13.7 Å². The van der Waals surface area contributed by atoms with E-state index >= 15 is 0 Å². The average Bonchev–Trinajstić information content (AvgIpc) is 3.48. The van der Waals surface area contributed by atoms with Crippen molar-refractivity contribution in [3.05, 3.63) is 131 Å². The molecule has 0 radical (unpaired) electrons. The number of rotatable bonds is 17. The van der Waals surface area contributed by atoms with Gasteiger partial charge in [-0.2, -0.15) is 0 Å². The highest BCUT2D eigenvalue weighted by Gasteiger charge is 2.53. The van der Waals surface area contributed by atoms with E-state index in [9.17, 15) is 81.1 Å². The summed E-state index contributed by atoms with van der Waals surface area (Å²) in [5.41, 5.74) is 0.912. The molecule has 3 saturated heterocycles. The van der Waals surface area contributed by atoms with Gasteiger partial charge in [0.1, 0.15) is 104 Å². The lowest BCUT2D eigenvalue weighted by atomic mass is 9.96. The monoisotopic (exact) mass is 1100 g/mol. The van der Waals surface area contributed by atoms with Crippen LogP contribution in [0.25, 0.3) is 17.9 Å². The van der Waals surface area contributed by atoms with Crippen LogP contribution in [-0.4, -0.2) is 209 Å². The molecule has 0 aromatic heterocycles. The summed E-state index contributed by atoms with van der Waals surface area (Å²) in [6.45, 7) is -2.35. The van der Waals surface area contributed by atoms with Gasteiger partial charge in [0.25, 0.3) is 0 Å². The second-order valence-corrected chi connectivity index (χ2v) is 18.2. The van der Waals surface area contributed by atoms with Crippen molar-refractivity contribution in [1.82, 2.24) is 0 Å².